The molecule has 10 heteroatoms. The molecule has 1 saturated carbocycles. The SMILES string of the molecule is Cn1cnc2cnn(Cc3nn(C4CC(c5ccc(Cl)cc5)C4)c(=O)o3)c(=O)c21. The quantitative estimate of drug-likeness (QED) is 0.508. The van der Waals surface area contributed by atoms with Gasteiger partial charge in [0.05, 0.1) is 18.6 Å². The van der Waals surface area contributed by atoms with E-state index in [2.05, 4.69) is 15.2 Å². The molecule has 0 unspecified atom stereocenters. The summed E-state index contributed by atoms with van der Waals surface area (Å²) < 4.78 is 9.49. The van der Waals surface area contributed by atoms with Crippen LogP contribution >= 0.6 is 11.6 Å². The number of benzene rings is 1. The summed E-state index contributed by atoms with van der Waals surface area (Å²) in [6.07, 6.45) is 4.66. The van der Waals surface area contributed by atoms with E-state index in [1.165, 1.54) is 21.1 Å². The van der Waals surface area contributed by atoms with Crippen molar-refractivity contribution in [2.24, 2.45) is 7.05 Å². The number of hydrogen-bond donors (Lipinski definition) is 0. The molecule has 9 nitrogen and oxygen atoms in total. The van der Waals surface area contributed by atoms with E-state index in [4.69, 9.17) is 16.0 Å². The van der Waals surface area contributed by atoms with Gasteiger partial charge in [0.15, 0.2) is 0 Å². The van der Waals surface area contributed by atoms with E-state index >= 15 is 0 Å². The first-order chi connectivity index (χ1) is 14.0. The zero-order valence-electron chi connectivity index (χ0n) is 15.5. The van der Waals surface area contributed by atoms with E-state index in [-0.39, 0.29) is 24.0 Å². The Morgan fingerprint density at radius 1 is 1.21 bits per heavy atom. The standard InChI is InChI=1S/C19H17ClN6O3/c1-24-10-21-15-8-22-25(18(27)17(15)24)9-16-23-26(19(28)29-16)14-6-12(7-14)11-2-4-13(20)5-3-11/h2-5,8,10,12,14H,6-7,9H2,1H3. The average Bonchev–Trinajstić information content (AvgIpc) is 3.21. The highest BCUT2D eigenvalue weighted by molar-refractivity contribution is 6.30. The van der Waals surface area contributed by atoms with E-state index in [0.717, 1.165) is 12.8 Å². The predicted molar refractivity (Wildman–Crippen MR) is 105 cm³/mol. The molecule has 148 valence electrons. The zero-order chi connectivity index (χ0) is 20.1. The van der Waals surface area contributed by atoms with Gasteiger partial charge < -0.3 is 8.98 Å². The van der Waals surface area contributed by atoms with Crippen LogP contribution in [0, 0.1) is 0 Å². The van der Waals surface area contributed by atoms with Gasteiger partial charge in [-0.3, -0.25) is 4.79 Å². The number of halogens is 1. The smallest absolute Gasteiger partial charge is 0.390 e. The first kappa shape index (κ1) is 17.9. The third kappa shape index (κ3) is 3.07. The van der Waals surface area contributed by atoms with Crippen LogP contribution in [0.4, 0.5) is 0 Å². The van der Waals surface area contributed by atoms with E-state index in [9.17, 15) is 9.59 Å². The van der Waals surface area contributed by atoms with Crippen molar-refractivity contribution in [2.75, 3.05) is 0 Å². The maximum absolute atomic E-state index is 12.6. The van der Waals surface area contributed by atoms with Crippen LogP contribution in [0.2, 0.25) is 5.02 Å². The van der Waals surface area contributed by atoms with Crippen LogP contribution in [0.1, 0.15) is 36.3 Å². The fourth-order valence-corrected chi connectivity index (χ4v) is 3.89. The highest BCUT2D eigenvalue weighted by Crippen LogP contribution is 2.43. The third-order valence-electron chi connectivity index (χ3n) is 5.42. The molecule has 0 saturated heterocycles. The molecule has 5 rings (SSSR count). The molecule has 3 aromatic heterocycles. The molecule has 0 amide bonds. The van der Waals surface area contributed by atoms with Gasteiger partial charge in [-0.05, 0) is 36.5 Å². The molecule has 1 fully saturated rings. The van der Waals surface area contributed by atoms with E-state index in [1.54, 1.807) is 17.9 Å². The molecule has 0 radical (unpaired) electrons. The Morgan fingerprint density at radius 3 is 2.72 bits per heavy atom. The normalized spacial score (nSPS) is 18.8. The van der Waals surface area contributed by atoms with Crippen LogP contribution in [0.5, 0.6) is 0 Å². The number of aromatic nitrogens is 6. The Bertz CT molecular complexity index is 1310. The van der Waals surface area contributed by atoms with E-state index in [1.807, 2.05) is 24.3 Å². The van der Waals surface area contributed by atoms with Gasteiger partial charge in [-0.25, -0.2) is 14.5 Å². The van der Waals surface area contributed by atoms with Crippen LogP contribution in [-0.4, -0.2) is 29.1 Å². The number of hydrogen-bond acceptors (Lipinski definition) is 6. The lowest BCUT2D eigenvalue weighted by atomic mass is 9.76. The molecule has 0 N–H and O–H groups in total. The van der Waals surface area contributed by atoms with Crippen molar-refractivity contribution in [3.8, 4) is 0 Å². The van der Waals surface area contributed by atoms with Crippen molar-refractivity contribution in [3.63, 3.8) is 0 Å². The molecule has 0 atom stereocenters. The van der Waals surface area contributed by atoms with Crippen molar-refractivity contribution >= 4 is 22.6 Å². The van der Waals surface area contributed by atoms with Crippen LogP contribution in [0.3, 0.4) is 0 Å². The van der Waals surface area contributed by atoms with Crippen LogP contribution < -0.4 is 11.3 Å². The molecule has 3 heterocycles. The summed E-state index contributed by atoms with van der Waals surface area (Å²) in [5, 5.41) is 9.10. The summed E-state index contributed by atoms with van der Waals surface area (Å²) in [6.45, 7) is -0.0183. The van der Waals surface area contributed by atoms with Crippen molar-refractivity contribution in [2.45, 2.75) is 31.3 Å². The first-order valence-corrected chi connectivity index (χ1v) is 9.58. The van der Waals surface area contributed by atoms with Crippen molar-refractivity contribution in [1.29, 1.82) is 0 Å². The lowest BCUT2D eigenvalue weighted by Gasteiger charge is -2.34. The second-order valence-corrected chi connectivity index (χ2v) is 7.71. The van der Waals surface area contributed by atoms with Gasteiger partial charge in [0.2, 0.25) is 5.89 Å². The third-order valence-corrected chi connectivity index (χ3v) is 5.67. The minimum atomic E-state index is -0.519. The predicted octanol–water partition coefficient (Wildman–Crippen LogP) is 2.10. The Hall–Kier alpha value is -3.20. The van der Waals surface area contributed by atoms with E-state index in [0.29, 0.717) is 22.0 Å². The number of fused-ring (bicyclic) bond motifs is 1. The highest BCUT2D eigenvalue weighted by atomic mass is 35.5. The number of aryl methyl sites for hydroxylation is 1. The average molecular weight is 413 g/mol. The number of rotatable bonds is 4. The molecule has 1 aliphatic rings. The second kappa shape index (κ2) is 6.70. The highest BCUT2D eigenvalue weighted by Gasteiger charge is 2.34. The largest absolute Gasteiger partial charge is 0.437 e. The number of imidazole rings is 1. The topological polar surface area (TPSA) is 101 Å². The molecule has 0 aliphatic heterocycles. The van der Waals surface area contributed by atoms with Gasteiger partial charge in [-0.1, -0.05) is 23.7 Å². The van der Waals surface area contributed by atoms with E-state index < -0.39 is 5.76 Å². The van der Waals surface area contributed by atoms with Crippen molar-refractivity contribution < 1.29 is 4.42 Å². The lowest BCUT2D eigenvalue weighted by molar-refractivity contribution is 0.233. The van der Waals surface area contributed by atoms with Gasteiger partial charge in [-0.15, -0.1) is 5.10 Å². The molecule has 1 aliphatic carbocycles. The van der Waals surface area contributed by atoms with Crippen LogP contribution in [-0.2, 0) is 13.6 Å². The summed E-state index contributed by atoms with van der Waals surface area (Å²) in [6, 6.07) is 7.73. The van der Waals surface area contributed by atoms with Crippen LogP contribution in [0.25, 0.3) is 11.0 Å². The second-order valence-electron chi connectivity index (χ2n) is 7.28. The van der Waals surface area contributed by atoms with Gasteiger partial charge >= 0.3 is 5.76 Å². The summed E-state index contributed by atoms with van der Waals surface area (Å²) in [5.74, 6) is -0.00358. The lowest BCUT2D eigenvalue weighted by Crippen LogP contribution is -2.32. The van der Waals surface area contributed by atoms with Crippen molar-refractivity contribution in [1.82, 2.24) is 29.1 Å². The van der Waals surface area contributed by atoms with Crippen LogP contribution in [0.15, 0.2) is 50.8 Å². The fourth-order valence-electron chi connectivity index (χ4n) is 3.76. The molecule has 1 aromatic carbocycles. The van der Waals surface area contributed by atoms with Gasteiger partial charge in [0.25, 0.3) is 5.56 Å². The molecule has 4 aromatic rings. The summed E-state index contributed by atoms with van der Waals surface area (Å²) >= 11 is 5.94. The van der Waals surface area contributed by atoms with Gasteiger partial charge in [0, 0.05) is 12.1 Å². The molecule has 0 bridgehead atoms. The maximum Gasteiger partial charge on any atom is 0.437 e. The summed E-state index contributed by atoms with van der Waals surface area (Å²) in [7, 11) is 1.74. The Morgan fingerprint density at radius 2 is 1.97 bits per heavy atom. The molecular weight excluding hydrogens is 396 g/mol. The monoisotopic (exact) mass is 412 g/mol. The first-order valence-electron chi connectivity index (χ1n) is 9.21. The zero-order valence-corrected chi connectivity index (χ0v) is 16.3. The summed E-state index contributed by atoms with van der Waals surface area (Å²) in [4.78, 5) is 29.0. The minimum Gasteiger partial charge on any atom is -0.390 e. The molecular formula is C19H17ClN6O3. The number of nitrogens with zero attached hydrogens (tertiary/aromatic N) is 6. The Kier molecular flexibility index (Phi) is 4.13. The maximum atomic E-state index is 12.6. The molecule has 0 spiro atoms. The molecule has 29 heavy (non-hydrogen) atoms. The Labute approximate surface area is 169 Å². The minimum absolute atomic E-state index is 0.0183. The Balaban J connectivity index is 1.35. The van der Waals surface area contributed by atoms with Crippen molar-refractivity contribution in [3.05, 3.63) is 74.2 Å². The summed E-state index contributed by atoms with van der Waals surface area (Å²) in [5.41, 5.74) is 1.84. The fraction of sp³-hybridized carbons (Fsp3) is 0.316. The van der Waals surface area contributed by atoms with Gasteiger partial charge in [-0.2, -0.15) is 9.78 Å². The van der Waals surface area contributed by atoms with Gasteiger partial charge in [0.1, 0.15) is 17.6 Å².